The van der Waals surface area contributed by atoms with Crippen LogP contribution in [0.15, 0.2) is 0 Å². The smallest absolute Gasteiger partial charge is 0.305 e. The molecule has 1 rings (SSSR count). The standard InChI is InChI=1S/C24H44O4/c1-3-5-7-9-11-17-23(25)27-19-21-15-13-14-16-22(21)20-28-24(26)18-12-10-8-6-4-2/h21-22H,3-20H2,1-2H3/t21-,22-/m1/s1. The molecule has 0 saturated heterocycles. The molecule has 4 heteroatoms. The maximum absolute atomic E-state index is 12.0. The van der Waals surface area contributed by atoms with Crippen LogP contribution in [0.1, 0.15) is 117 Å². The lowest BCUT2D eigenvalue weighted by Crippen LogP contribution is -2.29. The van der Waals surface area contributed by atoms with E-state index in [0.717, 1.165) is 38.5 Å². The Kier molecular flexibility index (Phi) is 15.0. The zero-order valence-corrected chi connectivity index (χ0v) is 18.5. The molecule has 0 spiro atoms. The number of ether oxygens (including phenoxy) is 2. The van der Waals surface area contributed by atoms with Gasteiger partial charge in [0, 0.05) is 12.8 Å². The molecule has 164 valence electrons. The van der Waals surface area contributed by atoms with Crippen molar-refractivity contribution in [1.29, 1.82) is 0 Å². The Hall–Kier alpha value is -1.06. The first kappa shape index (κ1) is 25.0. The summed E-state index contributed by atoms with van der Waals surface area (Å²) in [7, 11) is 0. The second kappa shape index (κ2) is 16.9. The summed E-state index contributed by atoms with van der Waals surface area (Å²) in [5, 5.41) is 0. The molecule has 0 aromatic carbocycles. The summed E-state index contributed by atoms with van der Waals surface area (Å²) >= 11 is 0. The third kappa shape index (κ3) is 12.4. The first-order chi connectivity index (χ1) is 13.7. The summed E-state index contributed by atoms with van der Waals surface area (Å²) in [4.78, 5) is 24.0. The first-order valence-electron chi connectivity index (χ1n) is 12.0. The molecule has 0 unspecified atom stereocenters. The van der Waals surface area contributed by atoms with Crippen molar-refractivity contribution in [3.8, 4) is 0 Å². The third-order valence-corrected chi connectivity index (χ3v) is 5.95. The Morgan fingerprint density at radius 2 is 1.04 bits per heavy atom. The van der Waals surface area contributed by atoms with Crippen LogP contribution in [0.25, 0.3) is 0 Å². The number of rotatable bonds is 16. The van der Waals surface area contributed by atoms with Gasteiger partial charge in [0.15, 0.2) is 0 Å². The van der Waals surface area contributed by atoms with E-state index >= 15 is 0 Å². The highest BCUT2D eigenvalue weighted by molar-refractivity contribution is 5.69. The summed E-state index contributed by atoms with van der Waals surface area (Å²) in [6, 6.07) is 0. The minimum absolute atomic E-state index is 0.0649. The van der Waals surface area contributed by atoms with Crippen LogP contribution in [0.3, 0.4) is 0 Å². The third-order valence-electron chi connectivity index (χ3n) is 5.95. The maximum Gasteiger partial charge on any atom is 0.305 e. The van der Waals surface area contributed by atoms with Gasteiger partial charge in [-0.3, -0.25) is 9.59 Å². The fourth-order valence-electron chi connectivity index (χ4n) is 4.01. The monoisotopic (exact) mass is 396 g/mol. The predicted octanol–water partition coefficient (Wildman–Crippen LogP) is 6.60. The Bertz CT molecular complexity index is 369. The summed E-state index contributed by atoms with van der Waals surface area (Å²) in [6.45, 7) is 5.37. The van der Waals surface area contributed by atoms with Gasteiger partial charge in [0.25, 0.3) is 0 Å². The quantitative estimate of drug-likeness (QED) is 0.218. The van der Waals surface area contributed by atoms with Crippen LogP contribution in [0.2, 0.25) is 0 Å². The number of carbonyl (C=O) groups is 2. The maximum atomic E-state index is 12.0. The van der Waals surface area contributed by atoms with E-state index in [9.17, 15) is 9.59 Å². The van der Waals surface area contributed by atoms with Crippen LogP contribution in [0.4, 0.5) is 0 Å². The van der Waals surface area contributed by atoms with Crippen molar-refractivity contribution in [3.05, 3.63) is 0 Å². The Morgan fingerprint density at radius 3 is 1.43 bits per heavy atom. The van der Waals surface area contributed by atoms with E-state index in [1.807, 2.05) is 0 Å². The molecule has 1 fully saturated rings. The normalized spacial score (nSPS) is 19.4. The fourth-order valence-corrected chi connectivity index (χ4v) is 4.01. The van der Waals surface area contributed by atoms with E-state index in [1.165, 1.54) is 51.4 Å². The summed E-state index contributed by atoms with van der Waals surface area (Å²) in [6.07, 6.45) is 17.0. The van der Waals surface area contributed by atoms with Gasteiger partial charge in [-0.05, 0) is 37.5 Å². The summed E-state index contributed by atoms with van der Waals surface area (Å²) in [5.41, 5.74) is 0. The molecular weight excluding hydrogens is 352 g/mol. The van der Waals surface area contributed by atoms with Crippen molar-refractivity contribution in [3.63, 3.8) is 0 Å². The van der Waals surface area contributed by atoms with Gasteiger partial charge >= 0.3 is 11.9 Å². The number of hydrogen-bond donors (Lipinski definition) is 0. The Morgan fingerprint density at radius 1 is 0.643 bits per heavy atom. The van der Waals surface area contributed by atoms with Gasteiger partial charge in [-0.1, -0.05) is 78.1 Å². The van der Waals surface area contributed by atoms with Gasteiger partial charge in [-0.25, -0.2) is 0 Å². The Balaban J connectivity index is 2.18. The molecule has 4 nitrogen and oxygen atoms in total. The highest BCUT2D eigenvalue weighted by Crippen LogP contribution is 2.30. The van der Waals surface area contributed by atoms with Crippen molar-refractivity contribution >= 4 is 11.9 Å². The molecule has 0 radical (unpaired) electrons. The largest absolute Gasteiger partial charge is 0.465 e. The average Bonchev–Trinajstić information content (AvgIpc) is 2.71. The van der Waals surface area contributed by atoms with Crippen molar-refractivity contribution in [2.45, 2.75) is 117 Å². The molecule has 1 aliphatic carbocycles. The predicted molar refractivity (Wildman–Crippen MR) is 114 cm³/mol. The van der Waals surface area contributed by atoms with Gasteiger partial charge < -0.3 is 9.47 Å². The fraction of sp³-hybridized carbons (Fsp3) is 0.917. The van der Waals surface area contributed by atoms with E-state index in [0.29, 0.717) is 37.9 Å². The molecule has 0 aromatic heterocycles. The zero-order chi connectivity index (χ0) is 20.5. The number of unbranched alkanes of at least 4 members (excludes halogenated alkanes) is 8. The van der Waals surface area contributed by atoms with E-state index in [4.69, 9.17) is 9.47 Å². The van der Waals surface area contributed by atoms with Crippen molar-refractivity contribution in [2.24, 2.45) is 11.8 Å². The minimum Gasteiger partial charge on any atom is -0.465 e. The molecule has 2 atom stereocenters. The van der Waals surface area contributed by atoms with E-state index in [1.54, 1.807) is 0 Å². The molecule has 0 aromatic rings. The molecule has 28 heavy (non-hydrogen) atoms. The van der Waals surface area contributed by atoms with Gasteiger partial charge in [0.2, 0.25) is 0 Å². The molecule has 1 saturated carbocycles. The van der Waals surface area contributed by atoms with Crippen molar-refractivity contribution < 1.29 is 19.1 Å². The van der Waals surface area contributed by atoms with Crippen molar-refractivity contribution in [1.82, 2.24) is 0 Å². The molecule has 0 N–H and O–H groups in total. The highest BCUT2D eigenvalue weighted by Gasteiger charge is 2.27. The lowest BCUT2D eigenvalue weighted by atomic mass is 9.80. The number of carbonyl (C=O) groups excluding carboxylic acids is 2. The second-order valence-corrected chi connectivity index (χ2v) is 8.50. The lowest BCUT2D eigenvalue weighted by molar-refractivity contribution is -0.150. The first-order valence-corrected chi connectivity index (χ1v) is 12.0. The van der Waals surface area contributed by atoms with Gasteiger partial charge in [-0.15, -0.1) is 0 Å². The van der Waals surface area contributed by atoms with Crippen molar-refractivity contribution in [2.75, 3.05) is 13.2 Å². The number of hydrogen-bond acceptors (Lipinski definition) is 4. The topological polar surface area (TPSA) is 52.6 Å². The molecule has 0 aliphatic heterocycles. The number of esters is 2. The summed E-state index contributed by atoms with van der Waals surface area (Å²) in [5.74, 6) is 0.556. The molecule has 1 aliphatic rings. The second-order valence-electron chi connectivity index (χ2n) is 8.50. The van der Waals surface area contributed by atoms with Crippen LogP contribution in [0.5, 0.6) is 0 Å². The SMILES string of the molecule is CCCCCCCC(=O)OC[C@H]1CCCC[C@@H]1COC(=O)CCCCCCC. The van der Waals surface area contributed by atoms with Crippen LogP contribution >= 0.6 is 0 Å². The van der Waals surface area contributed by atoms with Gasteiger partial charge in [-0.2, -0.15) is 0 Å². The van der Waals surface area contributed by atoms with Crippen LogP contribution in [0, 0.1) is 11.8 Å². The summed E-state index contributed by atoms with van der Waals surface area (Å²) < 4.78 is 11.1. The molecule has 0 heterocycles. The minimum atomic E-state index is -0.0649. The van der Waals surface area contributed by atoms with E-state index < -0.39 is 0 Å². The Labute approximate surface area is 173 Å². The molecule has 0 bridgehead atoms. The van der Waals surface area contributed by atoms with Gasteiger partial charge in [0.05, 0.1) is 13.2 Å². The average molecular weight is 397 g/mol. The molecular formula is C24H44O4. The van der Waals surface area contributed by atoms with Crippen LogP contribution < -0.4 is 0 Å². The molecule has 0 amide bonds. The van der Waals surface area contributed by atoms with E-state index in [-0.39, 0.29) is 11.9 Å². The van der Waals surface area contributed by atoms with Crippen LogP contribution in [-0.2, 0) is 19.1 Å². The van der Waals surface area contributed by atoms with Crippen LogP contribution in [-0.4, -0.2) is 25.2 Å². The highest BCUT2D eigenvalue weighted by atomic mass is 16.5. The van der Waals surface area contributed by atoms with Gasteiger partial charge in [0.1, 0.15) is 0 Å². The lowest BCUT2D eigenvalue weighted by Gasteiger charge is -2.30. The van der Waals surface area contributed by atoms with E-state index in [2.05, 4.69) is 13.8 Å². The zero-order valence-electron chi connectivity index (χ0n) is 18.5.